The van der Waals surface area contributed by atoms with Crippen LogP contribution in [0.4, 0.5) is 45.3 Å². The number of carbonyl (C=O) groups excluding carboxylic acids is 4. The number of rotatable bonds is 9. The number of aromatic nitrogens is 4. The van der Waals surface area contributed by atoms with E-state index in [0.717, 1.165) is 102 Å². The van der Waals surface area contributed by atoms with Crippen LogP contribution in [-0.2, 0) is 67.4 Å². The number of hydrogen-bond donors (Lipinski definition) is 9. The van der Waals surface area contributed by atoms with Gasteiger partial charge in [0, 0.05) is 132 Å². The largest absolute Gasteiger partial charge is 1.00 e. The van der Waals surface area contributed by atoms with Gasteiger partial charge in [0.25, 0.3) is 11.9 Å². The van der Waals surface area contributed by atoms with E-state index < -0.39 is 18.1 Å². The molecule has 2 saturated carbocycles. The Balaban J connectivity index is 0.000000389. The van der Waals surface area contributed by atoms with Gasteiger partial charge in [-0.2, -0.15) is 4.98 Å². The Kier molecular flexibility index (Phi) is 37.2. The summed E-state index contributed by atoms with van der Waals surface area (Å²) >= 11 is 5.97. The second kappa shape index (κ2) is 39.8. The predicted octanol–water partition coefficient (Wildman–Crippen LogP) is 4.28. The molecule has 462 valence electrons. The summed E-state index contributed by atoms with van der Waals surface area (Å²) in [7, 11) is 10.9. The number of carboxylic acid groups (broad SMARTS) is 4. The van der Waals surface area contributed by atoms with Crippen molar-refractivity contribution in [3.05, 3.63) is 124 Å². The fourth-order valence-corrected chi connectivity index (χ4v) is 12.0. The summed E-state index contributed by atoms with van der Waals surface area (Å²) in [6, 6.07) is 24.5. The molecule has 3 aliphatic heterocycles. The first-order valence-corrected chi connectivity index (χ1v) is 35.7. The van der Waals surface area contributed by atoms with Crippen LogP contribution in [0, 0.1) is 25.7 Å². The molecule has 4 amide bonds. The van der Waals surface area contributed by atoms with Gasteiger partial charge in [-0.3, -0.25) is 28.8 Å². The molecule has 0 saturated heterocycles. The smallest absolute Gasteiger partial charge is 0.565 e. The van der Waals surface area contributed by atoms with Gasteiger partial charge in [0.1, 0.15) is 22.5 Å². The molecule has 0 radical (unpaired) electrons. The summed E-state index contributed by atoms with van der Waals surface area (Å²) in [6.07, 6.45) is 7.70. The average Bonchev–Trinajstić information content (AvgIpc) is 2.03. The molecule has 11 rings (SSSR count). The number of ether oxygens (including phenoxy) is 1. The Labute approximate surface area is 658 Å². The number of carbonyl (C=O) groups is 7. The van der Waals surface area contributed by atoms with Crippen LogP contribution < -0.4 is 191 Å². The molecule has 4 unspecified atom stereocenters. The number of para-hydroxylation sites is 2. The van der Waals surface area contributed by atoms with Crippen molar-refractivity contribution in [3.8, 4) is 11.5 Å². The van der Waals surface area contributed by atoms with Crippen molar-refractivity contribution in [2.75, 3.05) is 26.6 Å². The third-order valence-electron chi connectivity index (χ3n) is 12.7. The number of primary amides is 1. The number of fused-ring (bicyclic) bond motifs is 4. The van der Waals surface area contributed by atoms with Gasteiger partial charge < -0.3 is 62.3 Å². The molecule has 4 atom stereocenters. The monoisotopic (exact) mass is 1670 g/mol. The number of aliphatic carboxylic acids is 2. The molecule has 88 heavy (non-hydrogen) atoms. The van der Waals surface area contributed by atoms with Crippen molar-refractivity contribution in [1.82, 2.24) is 19.9 Å². The number of hydrogen-bond acceptors (Lipinski definition) is 15. The van der Waals surface area contributed by atoms with Gasteiger partial charge in [-0.05, 0) is 114 Å². The summed E-state index contributed by atoms with van der Waals surface area (Å²) in [6.45, 7) is 10.5. The quantitative estimate of drug-likeness (QED) is 0.0554. The van der Waals surface area contributed by atoms with E-state index in [4.69, 9.17) is 56.9 Å². The van der Waals surface area contributed by atoms with E-state index in [-0.39, 0.29) is 214 Å². The number of carboxylic acids is 2. The molecule has 5 heterocycles. The van der Waals surface area contributed by atoms with Crippen molar-refractivity contribution in [2.45, 2.75) is 98.3 Å². The fraction of sp³-hybridized carbons (Fsp3) is 0.304. The van der Waals surface area contributed by atoms with E-state index in [1.54, 1.807) is 12.4 Å². The summed E-state index contributed by atoms with van der Waals surface area (Å²) in [5.74, 6) is 2.24. The maximum atomic E-state index is 12.0. The first-order valence-electron chi connectivity index (χ1n) is 26.2. The zero-order chi connectivity index (χ0) is 62.9. The van der Waals surface area contributed by atoms with Gasteiger partial charge in [-0.25, -0.2) is 15.0 Å². The van der Waals surface area contributed by atoms with Crippen LogP contribution in [0.1, 0.15) is 99.6 Å². The Morgan fingerprint density at radius 3 is 1.44 bits per heavy atom. The van der Waals surface area contributed by atoms with Crippen LogP contribution in [0.25, 0.3) is 0 Å². The van der Waals surface area contributed by atoms with Gasteiger partial charge in [-0.1, -0.05) is 61.8 Å². The minimum Gasteiger partial charge on any atom is -0.565 e. The van der Waals surface area contributed by atoms with Crippen LogP contribution in [-0.4, -0.2) is 77.0 Å². The van der Waals surface area contributed by atoms with Crippen LogP contribution in [0.3, 0.4) is 0 Å². The molecule has 22 nitrogen and oxygen atoms in total. The van der Waals surface area contributed by atoms with Gasteiger partial charge in [0.05, 0.1) is 0 Å². The minimum atomic E-state index is -2.08. The van der Waals surface area contributed by atoms with Crippen molar-refractivity contribution >= 4 is 155 Å². The van der Waals surface area contributed by atoms with Gasteiger partial charge in [0.2, 0.25) is 41.7 Å². The van der Waals surface area contributed by atoms with Gasteiger partial charge >= 0.3 is 138 Å². The van der Waals surface area contributed by atoms with E-state index >= 15 is 0 Å². The van der Waals surface area contributed by atoms with Gasteiger partial charge in [0.15, 0.2) is 0 Å². The number of nitrogens with zero attached hydrogens (tertiary/aromatic N) is 4. The number of halogens is 1. The minimum absolute atomic E-state index is 0. The molecule has 32 heteroatoms. The molecule has 6 aromatic rings. The van der Waals surface area contributed by atoms with Crippen LogP contribution in [0.15, 0.2) is 85.2 Å². The van der Waals surface area contributed by atoms with Crippen molar-refractivity contribution in [1.29, 1.82) is 0 Å². The second-order valence-electron chi connectivity index (χ2n) is 20.1. The van der Waals surface area contributed by atoms with E-state index in [0.29, 0.717) is 42.1 Å². The molecule has 2 aromatic heterocycles. The molecular weight excluding hydrogens is 1600 g/mol. The topological polar surface area (TPSA) is 350 Å². The molecule has 2 aliphatic carbocycles. The van der Waals surface area contributed by atoms with Crippen LogP contribution >= 0.6 is 61.9 Å². The van der Waals surface area contributed by atoms with Crippen molar-refractivity contribution in [2.24, 2.45) is 17.6 Å². The molecule has 0 spiro atoms. The number of anilines is 7. The average molecular weight is 1670 g/mol. The van der Waals surface area contributed by atoms with E-state index in [9.17, 15) is 19.2 Å². The van der Waals surface area contributed by atoms with Crippen LogP contribution in [0.5, 0.6) is 11.5 Å². The Hall–Kier alpha value is -1.83. The summed E-state index contributed by atoms with van der Waals surface area (Å²) in [5.41, 5.74) is 14.7. The maximum absolute atomic E-state index is 12.0. The maximum Gasteiger partial charge on any atom is 1.00 e. The summed E-state index contributed by atoms with van der Waals surface area (Å²) in [4.78, 5) is 88.2. The normalized spacial score (nSPS) is 13.7. The zero-order valence-electron chi connectivity index (χ0n) is 49.7. The third kappa shape index (κ3) is 27.2. The van der Waals surface area contributed by atoms with Crippen molar-refractivity contribution in [3.63, 3.8) is 0 Å². The molecule has 10 N–H and O–H groups in total. The fourth-order valence-electron chi connectivity index (χ4n) is 8.13. The van der Waals surface area contributed by atoms with Gasteiger partial charge in [-0.15, -0.1) is 35.7 Å². The first kappa shape index (κ1) is 82.3. The van der Waals surface area contributed by atoms with E-state index in [1.807, 2.05) is 50.2 Å². The predicted molar refractivity (Wildman–Crippen MR) is 347 cm³/mol. The number of amides is 4. The summed E-state index contributed by atoms with van der Waals surface area (Å²) < 4.78 is 6.48. The number of nitrogens with two attached hydrogens (primary N) is 1. The second-order valence-corrected chi connectivity index (χ2v) is 33.3. The van der Waals surface area contributed by atoms with Crippen LogP contribution in [0.2, 0.25) is 5.15 Å². The Morgan fingerprint density at radius 1 is 0.682 bits per heavy atom. The number of aryl methyl sites for hydroxylation is 4. The van der Waals surface area contributed by atoms with E-state index in [2.05, 4.69) is 132 Å². The Bertz CT molecular complexity index is 3370. The third-order valence-corrected chi connectivity index (χ3v) is 18.2. The number of nitrogens with one attached hydrogen (secondary N) is 5. The molecule has 0 bridgehead atoms. The zero-order valence-corrected chi connectivity index (χ0v) is 71.0. The SMILES string of the molecule is CC(=O)O.CC(=O)O.CC1(C)c2cccc(P(P)P)c2Oc2c(P(P)P)cccc21.Cc1cnc(Nc2ccc3c(c2)CCC(=O)N3)nc1Cl.Cc1cnc(Nc2ccc3c(c2)CCC(=O)N3)nc1NC(=O)C1CC1.NC(=O)C1CC1.O=C([O-])O.[Cs+].[Cs+].[Pd]. The summed E-state index contributed by atoms with van der Waals surface area (Å²) in [5, 5.41) is 48.0. The molecular formula is C56H68ClCs2N10O12P6Pd+. The number of benzene rings is 4. The molecule has 4 aromatic carbocycles. The van der Waals surface area contributed by atoms with E-state index in [1.165, 1.54) is 21.7 Å². The molecule has 5 aliphatic rings. The molecule has 2 fully saturated rings. The first-order chi connectivity index (χ1) is 40.0. The Morgan fingerprint density at radius 2 is 1.08 bits per heavy atom. The van der Waals surface area contributed by atoms with Crippen molar-refractivity contribution < 1.29 is 217 Å². The standard InChI is InChI=1S/C18H19N5O2.C15H20OP6.C14H13ClN4O.C4H7NO.2C2H4O2.CH2O3.2Cs.Pd/c1-10-9-19-18(23-16(10)22-17(25)11-2-3-11)20-13-5-6-14-12(8-13)4-7-15(24)21-14;1-15(2)9-5-3-7-11(21(17)18)13(9)16-14-10(15)6-4-8-12(14)22(19)20;1-8-7-16-14(19-13(8)15)17-10-3-4-11-9(6-10)2-5-12(20)18-11;5-4(6)3-1-2-3;2*1-2(3)4;2-1(3)4;;;/h5-6,8-9,11H,2-4,7H2,1H3,(H,21,24)(H2,19,20,22,23,25);3-8H,17-20H2,1-2H3;3-4,6-7H,2,5H2,1H3,(H,18,20)(H,16,17,19);3H,1-2H2,(H2,5,6);2*1H3,(H,3,4);(H2,2,3,4);;;/q;;;;;;;2*+1;/p-1.